The molecular formula is C25H34N2O4. The van der Waals surface area contributed by atoms with E-state index in [0.29, 0.717) is 50.6 Å². The Kier molecular flexibility index (Phi) is 7.02. The van der Waals surface area contributed by atoms with Crippen LogP contribution in [0.15, 0.2) is 42.5 Å². The highest BCUT2D eigenvalue weighted by atomic mass is 16.5. The highest BCUT2D eigenvalue weighted by Gasteiger charge is 2.21. The number of ketones is 1. The normalized spacial score (nSPS) is 19.0. The molecule has 1 unspecified atom stereocenters. The minimum Gasteiger partial charge on any atom is -0.493 e. The van der Waals surface area contributed by atoms with Crippen molar-refractivity contribution in [2.75, 3.05) is 52.9 Å². The highest BCUT2D eigenvalue weighted by Crippen LogP contribution is 2.25. The summed E-state index contributed by atoms with van der Waals surface area (Å²) < 4.78 is 35.9. The molecule has 1 N–H and O–H groups in total. The second-order valence-corrected chi connectivity index (χ2v) is 7.85. The monoisotopic (exact) mass is 429 g/mol. The minimum absolute atomic E-state index is 0.121. The van der Waals surface area contributed by atoms with Crippen LogP contribution in [0.4, 0.5) is 0 Å². The first-order chi connectivity index (χ1) is 16.0. The molecule has 0 aromatic heterocycles. The number of carbonyl (C=O) groups is 1. The van der Waals surface area contributed by atoms with Gasteiger partial charge in [0.25, 0.3) is 0 Å². The number of nitrogens with zero attached hydrogens (tertiary/aromatic N) is 2. The number of para-hydroxylation sites is 2. The average molecular weight is 430 g/mol. The van der Waals surface area contributed by atoms with Gasteiger partial charge in [-0.05, 0) is 42.7 Å². The van der Waals surface area contributed by atoms with Crippen molar-refractivity contribution >= 4 is 5.78 Å². The molecule has 0 spiro atoms. The molecule has 0 bridgehead atoms. The van der Waals surface area contributed by atoms with Gasteiger partial charge in [-0.2, -0.15) is 0 Å². The summed E-state index contributed by atoms with van der Waals surface area (Å²) >= 11 is 0. The van der Waals surface area contributed by atoms with E-state index in [0.717, 1.165) is 16.7 Å². The van der Waals surface area contributed by atoms with Crippen molar-refractivity contribution in [2.45, 2.75) is 26.3 Å². The van der Waals surface area contributed by atoms with Crippen LogP contribution in [0.2, 0.25) is 0 Å². The Morgan fingerprint density at radius 2 is 1.68 bits per heavy atom. The molecule has 0 saturated carbocycles. The van der Waals surface area contributed by atoms with E-state index in [9.17, 15) is 9.90 Å². The molecule has 6 nitrogen and oxygen atoms in total. The predicted molar refractivity (Wildman–Crippen MR) is 122 cm³/mol. The lowest BCUT2D eigenvalue weighted by molar-refractivity contribution is -0.120. The zero-order valence-corrected chi connectivity index (χ0v) is 18.6. The maximum Gasteiger partial charge on any atom is 0.161 e. The molecule has 1 aliphatic rings. The number of Topliss-reactive ketones (excluding diaryl/α,β-unsaturated/α-hetero) is 1. The van der Waals surface area contributed by atoms with Gasteiger partial charge in [0, 0.05) is 41.8 Å². The number of aliphatic hydroxyl groups is 1. The van der Waals surface area contributed by atoms with E-state index < -0.39 is 19.2 Å². The third kappa shape index (κ3) is 6.79. The quantitative estimate of drug-likeness (QED) is 0.626. The number of methoxy groups -OCH3 is 1. The molecule has 1 fully saturated rings. The van der Waals surface area contributed by atoms with Crippen LogP contribution in [0.3, 0.4) is 0 Å². The molecule has 2 aromatic carbocycles. The summed E-state index contributed by atoms with van der Waals surface area (Å²) in [5.41, 5.74) is 3.28. The Morgan fingerprint density at radius 1 is 1.06 bits per heavy atom. The smallest absolute Gasteiger partial charge is 0.161 e. The highest BCUT2D eigenvalue weighted by molar-refractivity contribution is 5.83. The van der Waals surface area contributed by atoms with Crippen LogP contribution in [-0.2, 0) is 11.2 Å². The van der Waals surface area contributed by atoms with E-state index in [4.69, 9.17) is 13.6 Å². The SMILES string of the molecule is [2H]C(O)(COc1ccccc1OC)C([2H])([2H])N1CCN(CC(=O)Cc2c(C)cccc2C)CC1. The average Bonchev–Trinajstić information content (AvgIpc) is 2.80. The van der Waals surface area contributed by atoms with Gasteiger partial charge in [0.05, 0.1) is 15.0 Å². The molecule has 0 amide bonds. The Morgan fingerprint density at radius 3 is 2.32 bits per heavy atom. The molecule has 168 valence electrons. The number of rotatable bonds is 10. The number of ether oxygens (including phenoxy) is 2. The Bertz CT molecular complexity index is 972. The van der Waals surface area contributed by atoms with Crippen molar-refractivity contribution in [3.05, 3.63) is 59.2 Å². The summed E-state index contributed by atoms with van der Waals surface area (Å²) in [7, 11) is 1.49. The van der Waals surface area contributed by atoms with Crippen molar-refractivity contribution < 1.29 is 23.5 Å². The number of aryl methyl sites for hydroxylation is 2. The van der Waals surface area contributed by atoms with Gasteiger partial charge >= 0.3 is 0 Å². The van der Waals surface area contributed by atoms with E-state index in [1.165, 1.54) is 12.0 Å². The van der Waals surface area contributed by atoms with Crippen molar-refractivity contribution in [1.29, 1.82) is 0 Å². The van der Waals surface area contributed by atoms with E-state index >= 15 is 0 Å². The molecule has 1 aliphatic heterocycles. The predicted octanol–water partition coefficient (Wildman–Crippen LogP) is 2.48. The van der Waals surface area contributed by atoms with Crippen LogP contribution in [0.1, 0.15) is 20.8 Å². The largest absolute Gasteiger partial charge is 0.493 e. The maximum atomic E-state index is 12.7. The molecular weight excluding hydrogens is 392 g/mol. The molecule has 1 heterocycles. The number of benzene rings is 2. The topological polar surface area (TPSA) is 62.2 Å². The van der Waals surface area contributed by atoms with Gasteiger partial charge in [0.2, 0.25) is 0 Å². The van der Waals surface area contributed by atoms with Crippen LogP contribution in [0.5, 0.6) is 11.5 Å². The summed E-state index contributed by atoms with van der Waals surface area (Å²) in [6, 6.07) is 12.8. The minimum atomic E-state index is -2.51. The van der Waals surface area contributed by atoms with Crippen LogP contribution >= 0.6 is 0 Å². The van der Waals surface area contributed by atoms with E-state index in [1.807, 2.05) is 36.9 Å². The van der Waals surface area contributed by atoms with Crippen molar-refractivity contribution in [3.8, 4) is 11.5 Å². The molecule has 3 rings (SSSR count). The molecule has 6 heteroatoms. The van der Waals surface area contributed by atoms with Crippen LogP contribution in [0, 0.1) is 13.8 Å². The standard InChI is InChI=1S/C25H34N2O4/c1-19-7-6-8-20(2)23(19)15-21(28)16-26-11-13-27(14-12-26)17-22(29)18-31-25-10-5-4-9-24(25)30-3/h4-10,22,29H,11-18H2,1-3H3/i17D2,22D. The van der Waals surface area contributed by atoms with Gasteiger partial charge < -0.3 is 14.6 Å². The first kappa shape index (κ1) is 19.3. The first-order valence-corrected chi connectivity index (χ1v) is 10.6. The van der Waals surface area contributed by atoms with Crippen molar-refractivity contribution in [1.82, 2.24) is 9.80 Å². The third-order valence-corrected chi connectivity index (χ3v) is 5.51. The van der Waals surface area contributed by atoms with E-state index in [2.05, 4.69) is 0 Å². The number of carbonyl (C=O) groups excluding carboxylic acids is 1. The fraction of sp³-hybridized carbons (Fsp3) is 0.480. The van der Waals surface area contributed by atoms with Gasteiger partial charge in [-0.1, -0.05) is 30.3 Å². The van der Waals surface area contributed by atoms with Crippen LogP contribution in [0.25, 0.3) is 0 Å². The fourth-order valence-corrected chi connectivity index (χ4v) is 3.75. The van der Waals surface area contributed by atoms with Gasteiger partial charge in [-0.3, -0.25) is 14.6 Å². The number of piperazine rings is 1. The van der Waals surface area contributed by atoms with E-state index in [-0.39, 0.29) is 5.78 Å². The molecule has 0 aliphatic carbocycles. The Hall–Kier alpha value is -2.41. The van der Waals surface area contributed by atoms with Crippen molar-refractivity contribution in [2.24, 2.45) is 0 Å². The summed E-state index contributed by atoms with van der Waals surface area (Å²) in [5, 5.41) is 10.7. The number of hydrogen-bond donors (Lipinski definition) is 1. The molecule has 0 radical (unpaired) electrons. The summed E-state index contributed by atoms with van der Waals surface area (Å²) in [6.07, 6.45) is -2.12. The van der Waals surface area contributed by atoms with Gasteiger partial charge in [-0.15, -0.1) is 0 Å². The van der Waals surface area contributed by atoms with Crippen LogP contribution in [-0.4, -0.2) is 79.7 Å². The Balaban J connectivity index is 1.54. The summed E-state index contributed by atoms with van der Waals surface area (Å²) in [6.45, 7) is 2.94. The zero-order valence-electron chi connectivity index (χ0n) is 21.6. The lowest BCUT2D eigenvalue weighted by Gasteiger charge is -2.35. The second kappa shape index (κ2) is 11.3. The fourth-order valence-electron chi connectivity index (χ4n) is 3.75. The van der Waals surface area contributed by atoms with Crippen molar-refractivity contribution in [3.63, 3.8) is 0 Å². The summed E-state index contributed by atoms with van der Waals surface area (Å²) in [5.74, 6) is 0.896. The first-order valence-electron chi connectivity index (χ1n) is 12.1. The van der Waals surface area contributed by atoms with Crippen LogP contribution < -0.4 is 9.47 Å². The molecule has 1 saturated heterocycles. The van der Waals surface area contributed by atoms with Gasteiger partial charge in [0.1, 0.15) is 12.7 Å². The molecule has 31 heavy (non-hydrogen) atoms. The van der Waals surface area contributed by atoms with E-state index in [1.54, 1.807) is 24.3 Å². The third-order valence-electron chi connectivity index (χ3n) is 5.51. The zero-order chi connectivity index (χ0) is 24.9. The second-order valence-electron chi connectivity index (χ2n) is 7.85. The van der Waals surface area contributed by atoms with Gasteiger partial charge in [0.15, 0.2) is 17.3 Å². The maximum absolute atomic E-state index is 12.7. The Labute approximate surface area is 189 Å². The molecule has 1 atom stereocenters. The van der Waals surface area contributed by atoms with Gasteiger partial charge in [-0.25, -0.2) is 0 Å². The lowest BCUT2D eigenvalue weighted by Crippen LogP contribution is -2.50. The lowest BCUT2D eigenvalue weighted by atomic mass is 9.98. The molecule has 2 aromatic rings. The number of β-amino-alcohol motifs (C(OH)–C–C–N with tert-alkyl or cyclic N) is 1. The number of hydrogen-bond acceptors (Lipinski definition) is 6. The summed E-state index contributed by atoms with van der Waals surface area (Å²) in [4.78, 5) is 16.1.